The van der Waals surface area contributed by atoms with Crippen molar-refractivity contribution >= 4 is 37.1 Å². The van der Waals surface area contributed by atoms with Crippen LogP contribution in [0.2, 0.25) is 0 Å². The van der Waals surface area contributed by atoms with E-state index in [4.69, 9.17) is 4.74 Å². The molecular formula is C33H61N3O5S3. The second-order valence-corrected chi connectivity index (χ2v) is 17.4. The highest BCUT2D eigenvalue weighted by Crippen LogP contribution is 2.40. The van der Waals surface area contributed by atoms with Crippen LogP contribution >= 0.6 is 11.3 Å². The third-order valence-corrected chi connectivity index (χ3v) is 13.8. The summed E-state index contributed by atoms with van der Waals surface area (Å²) < 4.78 is 63.7. The number of thiophene rings is 1. The zero-order valence-corrected chi connectivity index (χ0v) is 30.5. The molecule has 0 radical (unpaired) electrons. The zero-order chi connectivity index (χ0) is 32.3. The SMILES string of the molecule is CCCCCCCCCCCCCCCCCCCC(C)=NS(=O)(=O)c1cc2c(s1)S(=O)(=O)N(CCCOC)C[C@@H]2NCC. The number of nitrogens with one attached hydrogen (secondary N) is 1. The molecule has 0 saturated carbocycles. The first-order valence-electron chi connectivity index (χ1n) is 17.3. The van der Waals surface area contributed by atoms with Crippen LogP contribution in [0.1, 0.15) is 154 Å². The Bertz CT molecular complexity index is 1170. The molecule has 8 nitrogen and oxygen atoms in total. The Morgan fingerprint density at radius 3 is 1.93 bits per heavy atom. The van der Waals surface area contributed by atoms with Crippen LogP contribution in [0.3, 0.4) is 0 Å². The molecule has 11 heteroatoms. The fourth-order valence-electron chi connectivity index (χ4n) is 5.87. The Hall–Kier alpha value is -0.850. The number of fused-ring (bicyclic) bond motifs is 1. The van der Waals surface area contributed by atoms with Crippen molar-refractivity contribution in [2.75, 3.05) is 33.4 Å². The van der Waals surface area contributed by atoms with Gasteiger partial charge in [-0.1, -0.05) is 117 Å². The molecule has 2 rings (SSSR count). The molecule has 1 N–H and O–H groups in total. The van der Waals surface area contributed by atoms with Crippen LogP contribution in [0.4, 0.5) is 0 Å². The largest absolute Gasteiger partial charge is 0.385 e. The highest BCUT2D eigenvalue weighted by Gasteiger charge is 2.40. The highest BCUT2D eigenvalue weighted by molar-refractivity contribution is 7.94. The minimum absolute atomic E-state index is 0.00511. The average molecular weight is 676 g/mol. The van der Waals surface area contributed by atoms with E-state index in [0.717, 1.165) is 24.2 Å². The molecule has 0 aliphatic carbocycles. The summed E-state index contributed by atoms with van der Waals surface area (Å²) in [6.45, 7) is 7.68. The molecule has 256 valence electrons. The molecular weight excluding hydrogens is 615 g/mol. The summed E-state index contributed by atoms with van der Waals surface area (Å²) in [4.78, 5) is 0. The van der Waals surface area contributed by atoms with Crippen molar-refractivity contribution in [1.29, 1.82) is 0 Å². The van der Waals surface area contributed by atoms with Gasteiger partial charge in [0.1, 0.15) is 8.42 Å². The average Bonchev–Trinajstić information content (AvgIpc) is 3.45. The van der Waals surface area contributed by atoms with E-state index < -0.39 is 20.0 Å². The molecule has 1 atom stereocenters. The topological polar surface area (TPSA) is 105 Å². The molecule has 0 amide bonds. The number of sulfonamides is 2. The number of likely N-dealkylation sites (N-methyl/N-ethyl adjacent to an activating group) is 1. The van der Waals surface area contributed by atoms with Crippen LogP contribution in [-0.2, 0) is 24.8 Å². The van der Waals surface area contributed by atoms with Crippen LogP contribution < -0.4 is 5.32 Å². The summed E-state index contributed by atoms with van der Waals surface area (Å²) in [5.74, 6) is 0. The highest BCUT2D eigenvalue weighted by atomic mass is 32.3. The third kappa shape index (κ3) is 13.9. The molecule has 2 heterocycles. The van der Waals surface area contributed by atoms with Crippen molar-refractivity contribution in [3.63, 3.8) is 0 Å². The van der Waals surface area contributed by atoms with E-state index in [1.165, 1.54) is 107 Å². The van der Waals surface area contributed by atoms with Gasteiger partial charge in [0.2, 0.25) is 0 Å². The lowest BCUT2D eigenvalue weighted by molar-refractivity contribution is 0.185. The Labute approximate surface area is 273 Å². The number of unbranched alkanes of at least 4 members (excludes halogenated alkanes) is 16. The summed E-state index contributed by atoms with van der Waals surface area (Å²) >= 11 is 0.818. The molecule has 44 heavy (non-hydrogen) atoms. The Morgan fingerprint density at radius 1 is 0.909 bits per heavy atom. The van der Waals surface area contributed by atoms with Gasteiger partial charge in [0, 0.05) is 44.1 Å². The number of rotatable bonds is 26. The quantitative estimate of drug-likeness (QED) is 0.0779. The minimum atomic E-state index is -3.98. The summed E-state index contributed by atoms with van der Waals surface area (Å²) in [6, 6.07) is 1.25. The van der Waals surface area contributed by atoms with Gasteiger partial charge in [0.25, 0.3) is 20.0 Å². The molecule has 0 unspecified atom stereocenters. The normalized spacial score (nSPS) is 17.3. The molecule has 1 aromatic heterocycles. The van der Waals surface area contributed by atoms with Crippen molar-refractivity contribution in [2.45, 2.75) is 157 Å². The predicted molar refractivity (Wildman–Crippen MR) is 185 cm³/mol. The second-order valence-electron chi connectivity index (χ2n) is 12.3. The fraction of sp³-hybridized carbons (Fsp3) is 0.848. The lowest BCUT2D eigenvalue weighted by Crippen LogP contribution is -2.43. The maximum absolute atomic E-state index is 13.3. The summed E-state index contributed by atoms with van der Waals surface area (Å²) in [7, 11) is -6.17. The van der Waals surface area contributed by atoms with Gasteiger partial charge in [-0.2, -0.15) is 17.1 Å². The third-order valence-electron chi connectivity index (χ3n) is 8.42. The molecule has 0 bridgehead atoms. The number of ether oxygens (including phenoxy) is 1. The smallest absolute Gasteiger partial charge is 0.291 e. The molecule has 1 aliphatic heterocycles. The maximum atomic E-state index is 13.3. The molecule has 0 aromatic carbocycles. The van der Waals surface area contributed by atoms with Crippen LogP contribution in [0.25, 0.3) is 0 Å². The Kier molecular flexibility index (Phi) is 19.5. The van der Waals surface area contributed by atoms with Crippen molar-refractivity contribution in [2.24, 2.45) is 4.40 Å². The van der Waals surface area contributed by atoms with E-state index in [1.807, 2.05) is 6.92 Å². The Balaban J connectivity index is 1.71. The number of hydrogen-bond donors (Lipinski definition) is 1. The second kappa shape index (κ2) is 21.9. The van der Waals surface area contributed by atoms with E-state index in [-0.39, 0.29) is 21.0 Å². The van der Waals surface area contributed by atoms with Crippen molar-refractivity contribution < 1.29 is 21.6 Å². The van der Waals surface area contributed by atoms with Gasteiger partial charge in [0.05, 0.1) is 0 Å². The van der Waals surface area contributed by atoms with Crippen LogP contribution in [0, 0.1) is 0 Å². The summed E-state index contributed by atoms with van der Waals surface area (Å²) in [6.07, 6.45) is 23.4. The van der Waals surface area contributed by atoms with Crippen LogP contribution in [0.5, 0.6) is 0 Å². The molecule has 0 fully saturated rings. The standard InChI is InChI=1S/C33H61N3O5S3/c1-5-7-8-9-10-11-12-13-14-15-16-17-18-19-20-21-22-24-29(3)35-43(37,38)32-27-30-31(34-6-2)28-36(25-23-26-41-4)44(39,40)33(30)42-32/h27,31,34H,5-26,28H2,1-4H3/t31-/m0/s1. The summed E-state index contributed by atoms with van der Waals surface area (Å²) in [5.41, 5.74) is 1.10. The number of nitrogens with zero attached hydrogens (tertiary/aromatic N) is 2. The minimum Gasteiger partial charge on any atom is -0.385 e. The zero-order valence-electron chi connectivity index (χ0n) is 28.1. The number of hydrogen-bond acceptors (Lipinski definition) is 7. The van der Waals surface area contributed by atoms with E-state index in [0.29, 0.717) is 43.8 Å². The molecule has 0 saturated heterocycles. The lowest BCUT2D eigenvalue weighted by Gasteiger charge is -2.32. The molecule has 1 aliphatic rings. The van der Waals surface area contributed by atoms with Crippen LogP contribution in [-0.4, -0.2) is 60.2 Å². The first kappa shape index (κ1) is 39.3. The first-order valence-corrected chi connectivity index (χ1v) is 21.0. The Morgan fingerprint density at radius 2 is 1.43 bits per heavy atom. The van der Waals surface area contributed by atoms with Gasteiger partial charge >= 0.3 is 0 Å². The van der Waals surface area contributed by atoms with Crippen molar-refractivity contribution in [3.8, 4) is 0 Å². The molecule has 1 aromatic rings. The van der Waals surface area contributed by atoms with E-state index in [9.17, 15) is 16.8 Å². The van der Waals surface area contributed by atoms with Gasteiger partial charge in [-0.3, -0.25) is 0 Å². The fourth-order valence-corrected chi connectivity index (χ4v) is 10.8. The lowest BCUT2D eigenvalue weighted by atomic mass is 10.0. The van der Waals surface area contributed by atoms with E-state index in [2.05, 4.69) is 16.6 Å². The van der Waals surface area contributed by atoms with Crippen molar-refractivity contribution in [1.82, 2.24) is 9.62 Å². The monoisotopic (exact) mass is 675 g/mol. The van der Waals surface area contributed by atoms with E-state index in [1.54, 1.807) is 14.0 Å². The maximum Gasteiger partial charge on any atom is 0.291 e. The van der Waals surface area contributed by atoms with Crippen molar-refractivity contribution in [3.05, 3.63) is 11.6 Å². The number of methoxy groups -OCH3 is 1. The predicted octanol–water partition coefficient (Wildman–Crippen LogP) is 8.63. The van der Waals surface area contributed by atoms with Gasteiger partial charge in [-0.05, 0) is 38.8 Å². The van der Waals surface area contributed by atoms with Gasteiger partial charge < -0.3 is 10.1 Å². The van der Waals surface area contributed by atoms with Gasteiger partial charge in [0.15, 0.2) is 0 Å². The van der Waals surface area contributed by atoms with Gasteiger partial charge in [-0.15, -0.1) is 11.3 Å². The van der Waals surface area contributed by atoms with Crippen LogP contribution in [0.15, 0.2) is 18.9 Å². The van der Waals surface area contributed by atoms with Gasteiger partial charge in [-0.25, -0.2) is 8.42 Å². The first-order chi connectivity index (χ1) is 21.2. The molecule has 0 spiro atoms. The van der Waals surface area contributed by atoms with E-state index >= 15 is 0 Å². The summed E-state index contributed by atoms with van der Waals surface area (Å²) in [5, 5.41) is 3.32.